The second-order valence-electron chi connectivity index (χ2n) is 7.99. The van der Waals surface area contributed by atoms with Crippen LogP contribution in [0, 0.1) is 0 Å². The van der Waals surface area contributed by atoms with Gasteiger partial charge in [-0.3, -0.25) is 9.97 Å². The van der Waals surface area contributed by atoms with Gasteiger partial charge in [0.1, 0.15) is 23.9 Å². The summed E-state index contributed by atoms with van der Waals surface area (Å²) in [5.74, 6) is 1.87. The quantitative estimate of drug-likeness (QED) is 0.299. The van der Waals surface area contributed by atoms with Crippen LogP contribution < -0.4 is 10.1 Å². The predicted molar refractivity (Wildman–Crippen MR) is 131 cm³/mol. The van der Waals surface area contributed by atoms with Crippen molar-refractivity contribution >= 4 is 16.7 Å². The minimum atomic E-state index is -4.47. The Morgan fingerprint density at radius 3 is 2.42 bits per heavy atom. The smallest absolute Gasteiger partial charge is 0.433 e. The summed E-state index contributed by atoms with van der Waals surface area (Å²) in [4.78, 5) is 17.0. The maximum atomic E-state index is 12.7. The van der Waals surface area contributed by atoms with E-state index >= 15 is 0 Å². The molecule has 0 aliphatic heterocycles. The molecule has 0 saturated carbocycles. The van der Waals surface area contributed by atoms with E-state index in [-0.39, 0.29) is 6.61 Å². The number of aromatic nitrogens is 4. The second-order valence-corrected chi connectivity index (χ2v) is 7.99. The van der Waals surface area contributed by atoms with Gasteiger partial charge in [-0.2, -0.15) is 13.2 Å². The van der Waals surface area contributed by atoms with Gasteiger partial charge in [-0.05, 0) is 53.6 Å². The molecule has 5 aromatic rings. The molecule has 3 aromatic heterocycles. The summed E-state index contributed by atoms with van der Waals surface area (Å²) in [6, 6.07) is 19.5. The number of fused-ring (bicyclic) bond motifs is 1. The van der Waals surface area contributed by atoms with Crippen molar-refractivity contribution in [3.63, 3.8) is 0 Å². The molecule has 0 unspecified atom stereocenters. The third-order valence-electron chi connectivity index (χ3n) is 5.54. The normalized spacial score (nSPS) is 11.4. The number of hydrogen-bond donors (Lipinski definition) is 1. The number of hydrogen-bond acceptors (Lipinski definition) is 6. The SMILES string of the molecule is CNc1nc(-c2cccnc2)nc2ccc(-c3cccc(OCc4ccc(C(F)(F)F)nc4)c3)cc12. The fourth-order valence-electron chi connectivity index (χ4n) is 3.73. The summed E-state index contributed by atoms with van der Waals surface area (Å²) in [7, 11) is 1.81. The molecule has 0 saturated heterocycles. The zero-order chi connectivity index (χ0) is 25.1. The van der Waals surface area contributed by atoms with E-state index in [0.717, 1.165) is 33.7 Å². The molecule has 5 rings (SSSR count). The molecule has 9 heteroatoms. The van der Waals surface area contributed by atoms with Crippen LogP contribution in [0.5, 0.6) is 5.75 Å². The zero-order valence-corrected chi connectivity index (χ0v) is 19.1. The first-order valence-corrected chi connectivity index (χ1v) is 11.1. The Bertz CT molecular complexity index is 1510. The Balaban J connectivity index is 1.39. The number of nitrogens with zero attached hydrogens (tertiary/aromatic N) is 4. The Morgan fingerprint density at radius 2 is 1.69 bits per heavy atom. The third-order valence-corrected chi connectivity index (χ3v) is 5.54. The standard InChI is InChI=1S/C27H20F3N5O/c1-31-26-22-13-19(8-9-23(22)34-25(35-26)20-5-3-11-32-15-20)18-4-2-6-21(12-18)36-16-17-7-10-24(33-14-17)27(28,29)30/h2-15H,16H2,1H3,(H,31,34,35). The van der Waals surface area contributed by atoms with Crippen molar-refractivity contribution in [2.24, 2.45) is 0 Å². The Labute approximate surface area is 204 Å². The third kappa shape index (κ3) is 4.95. The van der Waals surface area contributed by atoms with Gasteiger partial charge in [0, 0.05) is 42.2 Å². The van der Waals surface area contributed by atoms with Crippen LogP contribution in [0.3, 0.4) is 0 Å². The van der Waals surface area contributed by atoms with Crippen LogP contribution in [0.1, 0.15) is 11.3 Å². The Kier molecular flexibility index (Phi) is 6.20. The molecular weight excluding hydrogens is 467 g/mol. The van der Waals surface area contributed by atoms with Gasteiger partial charge >= 0.3 is 6.18 Å². The van der Waals surface area contributed by atoms with Gasteiger partial charge in [-0.15, -0.1) is 0 Å². The van der Waals surface area contributed by atoms with Crippen LogP contribution in [0.4, 0.5) is 19.0 Å². The van der Waals surface area contributed by atoms with Crippen molar-refractivity contribution in [1.82, 2.24) is 19.9 Å². The molecule has 2 aromatic carbocycles. The van der Waals surface area contributed by atoms with E-state index in [2.05, 4.69) is 20.3 Å². The summed E-state index contributed by atoms with van der Waals surface area (Å²) in [6.45, 7) is 0.0984. The summed E-state index contributed by atoms with van der Waals surface area (Å²) < 4.78 is 43.9. The minimum absolute atomic E-state index is 0.0984. The topological polar surface area (TPSA) is 72.8 Å². The molecule has 0 aliphatic carbocycles. The number of ether oxygens (including phenoxy) is 1. The largest absolute Gasteiger partial charge is 0.489 e. The maximum Gasteiger partial charge on any atom is 0.433 e. The number of pyridine rings is 2. The van der Waals surface area contributed by atoms with Crippen LogP contribution >= 0.6 is 0 Å². The molecule has 0 radical (unpaired) electrons. The Morgan fingerprint density at radius 1 is 0.861 bits per heavy atom. The van der Waals surface area contributed by atoms with Crippen molar-refractivity contribution < 1.29 is 17.9 Å². The highest BCUT2D eigenvalue weighted by molar-refractivity contribution is 5.94. The molecule has 0 atom stereocenters. The number of halogens is 3. The maximum absolute atomic E-state index is 12.7. The predicted octanol–water partition coefficient (Wildman–Crippen LogP) is 6.39. The van der Waals surface area contributed by atoms with Gasteiger partial charge < -0.3 is 10.1 Å². The summed E-state index contributed by atoms with van der Waals surface area (Å²) in [6.07, 6.45) is 0.135. The van der Waals surface area contributed by atoms with Crippen molar-refractivity contribution in [3.8, 4) is 28.3 Å². The lowest BCUT2D eigenvalue weighted by Gasteiger charge is -2.12. The van der Waals surface area contributed by atoms with Gasteiger partial charge in [0.2, 0.25) is 0 Å². The molecule has 0 aliphatic rings. The molecule has 0 fully saturated rings. The minimum Gasteiger partial charge on any atom is -0.489 e. The van der Waals surface area contributed by atoms with Gasteiger partial charge in [0.05, 0.1) is 5.52 Å². The highest BCUT2D eigenvalue weighted by Gasteiger charge is 2.32. The lowest BCUT2D eigenvalue weighted by Crippen LogP contribution is -2.08. The molecular formula is C27H20F3N5O. The zero-order valence-electron chi connectivity index (χ0n) is 19.1. The van der Waals surface area contributed by atoms with Crippen molar-refractivity contribution in [3.05, 3.63) is 96.6 Å². The van der Waals surface area contributed by atoms with E-state index in [0.29, 0.717) is 23.0 Å². The van der Waals surface area contributed by atoms with Crippen LogP contribution in [-0.2, 0) is 12.8 Å². The van der Waals surface area contributed by atoms with E-state index in [1.54, 1.807) is 18.5 Å². The van der Waals surface area contributed by atoms with E-state index in [1.165, 1.54) is 12.3 Å². The van der Waals surface area contributed by atoms with Gasteiger partial charge in [0.25, 0.3) is 0 Å². The highest BCUT2D eigenvalue weighted by Crippen LogP contribution is 2.31. The first-order chi connectivity index (χ1) is 17.4. The van der Waals surface area contributed by atoms with Crippen LogP contribution in [0.15, 0.2) is 85.3 Å². The molecule has 3 heterocycles. The van der Waals surface area contributed by atoms with Gasteiger partial charge in [-0.25, -0.2) is 9.97 Å². The summed E-state index contributed by atoms with van der Waals surface area (Å²) in [5, 5.41) is 4.01. The van der Waals surface area contributed by atoms with E-state index in [1.807, 2.05) is 55.6 Å². The molecule has 1 N–H and O–H groups in total. The number of alkyl halides is 3. The highest BCUT2D eigenvalue weighted by atomic mass is 19.4. The molecule has 0 spiro atoms. The number of anilines is 1. The van der Waals surface area contributed by atoms with Gasteiger partial charge in [0.15, 0.2) is 5.82 Å². The average Bonchev–Trinajstić information content (AvgIpc) is 2.91. The first kappa shape index (κ1) is 23.2. The second kappa shape index (κ2) is 9.61. The molecule has 36 heavy (non-hydrogen) atoms. The average molecular weight is 487 g/mol. The first-order valence-electron chi connectivity index (χ1n) is 11.1. The van der Waals surface area contributed by atoms with E-state index < -0.39 is 11.9 Å². The number of nitrogens with one attached hydrogen (secondary N) is 1. The lowest BCUT2D eigenvalue weighted by atomic mass is 10.0. The van der Waals surface area contributed by atoms with E-state index in [9.17, 15) is 13.2 Å². The van der Waals surface area contributed by atoms with Crippen molar-refractivity contribution in [2.45, 2.75) is 12.8 Å². The molecule has 180 valence electrons. The number of benzene rings is 2. The summed E-state index contributed by atoms with van der Waals surface area (Å²) in [5.41, 5.74) is 3.09. The molecule has 6 nitrogen and oxygen atoms in total. The van der Waals surface area contributed by atoms with Crippen LogP contribution in [0.25, 0.3) is 33.4 Å². The van der Waals surface area contributed by atoms with Crippen molar-refractivity contribution in [1.29, 1.82) is 0 Å². The lowest BCUT2D eigenvalue weighted by molar-refractivity contribution is -0.141. The summed E-state index contributed by atoms with van der Waals surface area (Å²) >= 11 is 0. The Hall–Kier alpha value is -4.53. The fourth-order valence-corrected chi connectivity index (χ4v) is 3.73. The van der Waals surface area contributed by atoms with Crippen LogP contribution in [0.2, 0.25) is 0 Å². The monoisotopic (exact) mass is 487 g/mol. The molecule has 0 bridgehead atoms. The van der Waals surface area contributed by atoms with Gasteiger partial charge in [-0.1, -0.05) is 24.3 Å². The number of rotatable bonds is 6. The fraction of sp³-hybridized carbons (Fsp3) is 0.111. The van der Waals surface area contributed by atoms with Crippen molar-refractivity contribution in [2.75, 3.05) is 12.4 Å². The molecule has 0 amide bonds. The van der Waals surface area contributed by atoms with Crippen LogP contribution in [-0.4, -0.2) is 27.0 Å². The van der Waals surface area contributed by atoms with E-state index in [4.69, 9.17) is 9.72 Å².